The summed E-state index contributed by atoms with van der Waals surface area (Å²) in [7, 11) is 0. The first-order chi connectivity index (χ1) is 15.9. The second kappa shape index (κ2) is 7.46. The number of aromatic hydroxyl groups is 2. The zero-order valence-electron chi connectivity index (χ0n) is 18.1. The van der Waals surface area contributed by atoms with Gasteiger partial charge in [-0.15, -0.1) is 0 Å². The first kappa shape index (κ1) is 20.5. The van der Waals surface area contributed by atoms with Crippen molar-refractivity contribution in [1.29, 1.82) is 0 Å². The van der Waals surface area contributed by atoms with E-state index in [1.165, 1.54) is 17.0 Å². The predicted octanol–water partition coefficient (Wildman–Crippen LogP) is 3.53. The number of halogens is 1. The van der Waals surface area contributed by atoms with Crippen molar-refractivity contribution < 1.29 is 28.6 Å². The Morgan fingerprint density at radius 3 is 2.52 bits per heavy atom. The second-order valence-electron chi connectivity index (χ2n) is 9.55. The Bertz CT molecular complexity index is 1230. The zero-order valence-corrected chi connectivity index (χ0v) is 18.1. The Labute approximate surface area is 190 Å². The fraction of sp³-hybridized carbons (Fsp3) is 0.400. The lowest BCUT2D eigenvalue weighted by molar-refractivity contribution is -0.105. The average molecular weight is 452 g/mol. The third kappa shape index (κ3) is 3.36. The molecule has 1 amide bonds. The molecule has 0 saturated carbocycles. The number of hydrogen-bond acceptors (Lipinski definition) is 6. The summed E-state index contributed by atoms with van der Waals surface area (Å²) in [6, 6.07) is 9.67. The molecule has 3 fully saturated rings. The van der Waals surface area contributed by atoms with Gasteiger partial charge >= 0.3 is 0 Å². The molecule has 0 atom stereocenters. The van der Waals surface area contributed by atoms with Crippen LogP contribution in [0.15, 0.2) is 40.8 Å². The van der Waals surface area contributed by atoms with Crippen molar-refractivity contribution >= 4 is 16.9 Å². The van der Waals surface area contributed by atoms with Gasteiger partial charge in [0.05, 0.1) is 31.9 Å². The Morgan fingerprint density at radius 1 is 1.12 bits per heavy atom. The smallest absolute Gasteiger partial charge is 0.258 e. The molecular formula is C25H25FN2O5. The van der Waals surface area contributed by atoms with Crippen molar-refractivity contribution in [3.63, 3.8) is 0 Å². The van der Waals surface area contributed by atoms with Crippen LogP contribution in [0.25, 0.3) is 22.3 Å². The standard InChI is InChI=1S/C25H25FN2O5/c26-16-9-28(10-16)24(31)22-21-18(11-27-8-7-25(12-27)13-32-14-25)19(30)5-6-20(21)33-23(22)15-1-3-17(29)4-2-15/h1-6,16,29-30H,7-14H2. The number of likely N-dealkylation sites (tertiary alicyclic amines) is 2. The molecule has 3 saturated heterocycles. The highest BCUT2D eigenvalue weighted by atomic mass is 19.1. The van der Waals surface area contributed by atoms with E-state index in [1.807, 2.05) is 0 Å². The number of amides is 1. The van der Waals surface area contributed by atoms with E-state index in [2.05, 4.69) is 4.90 Å². The van der Waals surface area contributed by atoms with Crippen molar-refractivity contribution in [2.75, 3.05) is 39.4 Å². The van der Waals surface area contributed by atoms with Crippen LogP contribution >= 0.6 is 0 Å². The first-order valence-electron chi connectivity index (χ1n) is 11.2. The van der Waals surface area contributed by atoms with E-state index in [1.54, 1.807) is 24.3 Å². The van der Waals surface area contributed by atoms with Crippen LogP contribution in [0.5, 0.6) is 11.5 Å². The van der Waals surface area contributed by atoms with Crippen molar-refractivity contribution in [3.05, 3.63) is 47.5 Å². The number of phenolic OH excluding ortho intramolecular Hbond substituents is 2. The molecule has 1 spiro atoms. The largest absolute Gasteiger partial charge is 0.508 e. The first-order valence-corrected chi connectivity index (χ1v) is 11.2. The number of fused-ring (bicyclic) bond motifs is 1. The second-order valence-corrected chi connectivity index (χ2v) is 9.55. The van der Waals surface area contributed by atoms with Gasteiger partial charge < -0.3 is 24.3 Å². The van der Waals surface area contributed by atoms with Gasteiger partial charge in [-0.3, -0.25) is 9.69 Å². The quantitative estimate of drug-likeness (QED) is 0.630. The molecule has 0 radical (unpaired) electrons. The number of hydrogen-bond donors (Lipinski definition) is 2. The predicted molar refractivity (Wildman–Crippen MR) is 119 cm³/mol. The number of furan rings is 1. The molecular weight excluding hydrogens is 427 g/mol. The Hall–Kier alpha value is -3.10. The molecule has 6 rings (SSSR count). The lowest BCUT2D eigenvalue weighted by Crippen LogP contribution is -2.51. The van der Waals surface area contributed by atoms with Crippen molar-refractivity contribution in [3.8, 4) is 22.8 Å². The van der Waals surface area contributed by atoms with E-state index in [-0.39, 0.29) is 35.9 Å². The van der Waals surface area contributed by atoms with E-state index in [4.69, 9.17) is 9.15 Å². The number of benzene rings is 2. The molecule has 1 aromatic heterocycles. The summed E-state index contributed by atoms with van der Waals surface area (Å²) in [5.41, 5.74) is 2.28. The van der Waals surface area contributed by atoms with E-state index in [0.717, 1.165) is 32.7 Å². The van der Waals surface area contributed by atoms with Crippen LogP contribution in [-0.2, 0) is 11.3 Å². The SMILES string of the molecule is O=C(c1c(-c2ccc(O)cc2)oc2ccc(O)c(CN3CCC4(COC4)C3)c12)N1CC(F)C1. The lowest BCUT2D eigenvalue weighted by atomic mass is 9.85. The van der Waals surface area contributed by atoms with E-state index >= 15 is 0 Å². The maximum absolute atomic E-state index is 13.6. The van der Waals surface area contributed by atoms with Crippen LogP contribution in [-0.4, -0.2) is 71.5 Å². The summed E-state index contributed by atoms with van der Waals surface area (Å²) < 4.78 is 25.2. The number of nitrogens with zero attached hydrogens (tertiary/aromatic N) is 2. The highest BCUT2D eigenvalue weighted by Crippen LogP contribution is 2.43. The van der Waals surface area contributed by atoms with Gasteiger partial charge in [-0.05, 0) is 49.4 Å². The minimum absolute atomic E-state index is 0.0450. The van der Waals surface area contributed by atoms with E-state index in [9.17, 15) is 19.4 Å². The molecule has 8 heteroatoms. The van der Waals surface area contributed by atoms with Gasteiger partial charge in [0.1, 0.15) is 29.0 Å². The Kier molecular flexibility index (Phi) is 4.64. The van der Waals surface area contributed by atoms with Crippen molar-refractivity contribution in [1.82, 2.24) is 9.80 Å². The summed E-state index contributed by atoms with van der Waals surface area (Å²) in [5.74, 6) is 0.247. The normalized spacial score (nSPS) is 20.3. The number of ether oxygens (including phenoxy) is 1. The summed E-state index contributed by atoms with van der Waals surface area (Å²) in [5, 5.41) is 21.1. The highest BCUT2D eigenvalue weighted by Gasteiger charge is 2.44. The van der Waals surface area contributed by atoms with Crippen LogP contribution in [0.3, 0.4) is 0 Å². The van der Waals surface area contributed by atoms with Gasteiger partial charge in [0, 0.05) is 35.0 Å². The number of alkyl halides is 1. The van der Waals surface area contributed by atoms with Gasteiger partial charge in [0.15, 0.2) is 0 Å². The van der Waals surface area contributed by atoms with Crippen LogP contribution in [0, 0.1) is 5.41 Å². The summed E-state index contributed by atoms with van der Waals surface area (Å²) in [4.78, 5) is 17.2. The molecule has 3 aromatic rings. The molecule has 7 nitrogen and oxygen atoms in total. The lowest BCUT2D eigenvalue weighted by Gasteiger charge is -2.37. The topological polar surface area (TPSA) is 86.4 Å². The number of carbonyl (C=O) groups is 1. The minimum Gasteiger partial charge on any atom is -0.508 e. The molecule has 3 aliphatic heterocycles. The maximum Gasteiger partial charge on any atom is 0.258 e. The number of rotatable bonds is 4. The van der Waals surface area contributed by atoms with Crippen molar-refractivity contribution in [2.45, 2.75) is 19.1 Å². The zero-order chi connectivity index (χ0) is 22.7. The van der Waals surface area contributed by atoms with Gasteiger partial charge in [0.25, 0.3) is 5.91 Å². The van der Waals surface area contributed by atoms with Gasteiger partial charge in [-0.2, -0.15) is 0 Å². The van der Waals surface area contributed by atoms with Gasteiger partial charge in [0.2, 0.25) is 0 Å². The number of carbonyl (C=O) groups excluding carboxylic acids is 1. The van der Waals surface area contributed by atoms with E-state index < -0.39 is 6.17 Å². The van der Waals surface area contributed by atoms with Crippen LogP contribution < -0.4 is 0 Å². The van der Waals surface area contributed by atoms with Gasteiger partial charge in [-0.1, -0.05) is 0 Å². The van der Waals surface area contributed by atoms with Gasteiger partial charge in [-0.25, -0.2) is 4.39 Å². The monoisotopic (exact) mass is 452 g/mol. The summed E-state index contributed by atoms with van der Waals surface area (Å²) in [6.07, 6.45) is 0.0216. The van der Waals surface area contributed by atoms with Crippen molar-refractivity contribution in [2.24, 2.45) is 5.41 Å². The van der Waals surface area contributed by atoms with Crippen LogP contribution in [0.1, 0.15) is 22.3 Å². The van der Waals surface area contributed by atoms with Crippen LogP contribution in [0.4, 0.5) is 4.39 Å². The van der Waals surface area contributed by atoms with E-state index in [0.29, 0.717) is 40.0 Å². The van der Waals surface area contributed by atoms with Crippen LogP contribution in [0.2, 0.25) is 0 Å². The highest BCUT2D eigenvalue weighted by molar-refractivity contribution is 6.12. The molecule has 0 aliphatic carbocycles. The molecule has 33 heavy (non-hydrogen) atoms. The summed E-state index contributed by atoms with van der Waals surface area (Å²) >= 11 is 0. The Balaban J connectivity index is 1.47. The molecule has 3 aliphatic rings. The Morgan fingerprint density at radius 2 is 1.88 bits per heavy atom. The summed E-state index contributed by atoms with van der Waals surface area (Å²) in [6.45, 7) is 3.86. The minimum atomic E-state index is -1.03. The average Bonchev–Trinajstić information content (AvgIpc) is 3.36. The third-order valence-corrected chi connectivity index (χ3v) is 7.12. The molecule has 0 unspecified atom stereocenters. The number of phenols is 2. The third-order valence-electron chi connectivity index (χ3n) is 7.12. The molecule has 0 bridgehead atoms. The molecule has 4 heterocycles. The fourth-order valence-corrected chi connectivity index (χ4v) is 5.19. The molecule has 172 valence electrons. The molecule has 2 N–H and O–H groups in total. The fourth-order valence-electron chi connectivity index (χ4n) is 5.19. The maximum atomic E-state index is 13.6. The molecule has 2 aromatic carbocycles.